The fourth-order valence-corrected chi connectivity index (χ4v) is 5.26. The first-order valence-corrected chi connectivity index (χ1v) is 8.50. The van der Waals surface area contributed by atoms with Crippen molar-refractivity contribution < 1.29 is 9.90 Å². The summed E-state index contributed by atoms with van der Waals surface area (Å²) in [6, 6.07) is 6.48. The summed E-state index contributed by atoms with van der Waals surface area (Å²) in [5.41, 5.74) is 3.42. The summed E-state index contributed by atoms with van der Waals surface area (Å²) in [6.07, 6.45) is 9.07. The molecule has 1 aromatic carbocycles. The first kappa shape index (κ1) is 14.5. The van der Waals surface area contributed by atoms with E-state index in [0.717, 1.165) is 42.6 Å². The number of rotatable bonds is 3. The van der Waals surface area contributed by atoms with Crippen molar-refractivity contribution in [1.82, 2.24) is 10.7 Å². The molecule has 0 saturated heterocycles. The molecule has 4 aliphatic rings. The summed E-state index contributed by atoms with van der Waals surface area (Å²) >= 11 is 0. The molecule has 23 heavy (non-hydrogen) atoms. The molecular weight excluding hydrogens is 290 g/mol. The first-order chi connectivity index (χ1) is 11.1. The molecule has 2 amide bonds. The molecule has 4 aliphatic carbocycles. The van der Waals surface area contributed by atoms with Gasteiger partial charge in [-0.2, -0.15) is 5.10 Å². The van der Waals surface area contributed by atoms with Crippen molar-refractivity contribution in [3.8, 4) is 5.75 Å². The molecule has 0 heterocycles. The Labute approximate surface area is 136 Å². The number of phenols is 1. The minimum atomic E-state index is -0.207. The van der Waals surface area contributed by atoms with Crippen LogP contribution in [-0.4, -0.2) is 22.9 Å². The lowest BCUT2D eigenvalue weighted by Crippen LogP contribution is -2.61. The largest absolute Gasteiger partial charge is 0.508 e. The predicted molar refractivity (Wildman–Crippen MR) is 88.3 cm³/mol. The van der Waals surface area contributed by atoms with Gasteiger partial charge in [-0.3, -0.25) is 0 Å². The third-order valence-corrected chi connectivity index (χ3v) is 5.69. The van der Waals surface area contributed by atoms with Gasteiger partial charge in [-0.1, -0.05) is 0 Å². The number of urea groups is 1. The molecule has 0 unspecified atom stereocenters. The van der Waals surface area contributed by atoms with E-state index in [1.165, 1.54) is 19.3 Å². The van der Waals surface area contributed by atoms with Gasteiger partial charge < -0.3 is 10.4 Å². The summed E-state index contributed by atoms with van der Waals surface area (Å²) in [5.74, 6) is 2.64. The molecule has 4 fully saturated rings. The smallest absolute Gasteiger partial charge is 0.335 e. The molecule has 4 saturated carbocycles. The highest BCUT2D eigenvalue weighted by Gasteiger charge is 2.51. The Morgan fingerprint density at radius 1 is 1.09 bits per heavy atom. The van der Waals surface area contributed by atoms with Crippen molar-refractivity contribution in [3.63, 3.8) is 0 Å². The topological polar surface area (TPSA) is 73.7 Å². The van der Waals surface area contributed by atoms with Crippen LogP contribution in [-0.2, 0) is 0 Å². The number of benzene rings is 1. The Balaban J connectivity index is 1.34. The highest BCUT2D eigenvalue weighted by molar-refractivity contribution is 5.82. The summed E-state index contributed by atoms with van der Waals surface area (Å²) in [5, 5.41) is 16.5. The molecule has 0 atom stereocenters. The van der Waals surface area contributed by atoms with Crippen molar-refractivity contribution in [1.29, 1.82) is 0 Å². The zero-order valence-electron chi connectivity index (χ0n) is 13.2. The summed E-state index contributed by atoms with van der Waals surface area (Å²) in [4.78, 5) is 12.2. The van der Waals surface area contributed by atoms with Gasteiger partial charge in [-0.15, -0.1) is 0 Å². The Kier molecular flexibility index (Phi) is 3.51. The van der Waals surface area contributed by atoms with Crippen LogP contribution in [0.5, 0.6) is 5.75 Å². The summed E-state index contributed by atoms with van der Waals surface area (Å²) < 4.78 is 0. The first-order valence-electron chi connectivity index (χ1n) is 8.50. The van der Waals surface area contributed by atoms with Gasteiger partial charge in [0.15, 0.2) is 0 Å². The van der Waals surface area contributed by atoms with Crippen molar-refractivity contribution in [2.24, 2.45) is 22.9 Å². The maximum atomic E-state index is 12.2. The molecule has 0 aliphatic heterocycles. The zero-order valence-corrected chi connectivity index (χ0v) is 13.2. The molecule has 122 valence electrons. The highest BCUT2D eigenvalue weighted by atomic mass is 16.3. The minimum Gasteiger partial charge on any atom is -0.508 e. The molecule has 0 radical (unpaired) electrons. The van der Waals surface area contributed by atoms with Gasteiger partial charge in [0.2, 0.25) is 0 Å². The second kappa shape index (κ2) is 5.55. The second-order valence-electron chi connectivity index (χ2n) is 7.61. The number of amides is 2. The fraction of sp³-hybridized carbons (Fsp3) is 0.556. The number of carbonyl (C=O) groups excluding carboxylic acids is 1. The summed E-state index contributed by atoms with van der Waals surface area (Å²) in [7, 11) is 0. The third-order valence-electron chi connectivity index (χ3n) is 5.69. The number of nitrogens with zero attached hydrogens (tertiary/aromatic N) is 1. The number of nitrogens with one attached hydrogen (secondary N) is 2. The standard InChI is InChI=1S/C18H23N3O2/c22-16-3-1-12(2-4-16)11-19-21-17(23)20-18-8-13-5-14(9-18)7-15(6-13)10-18/h1-4,11,13-15,22H,5-10H2,(H2,20,21,23)/b19-11+. The number of carbonyl (C=O) groups is 1. The van der Waals surface area contributed by atoms with E-state index in [0.29, 0.717) is 0 Å². The van der Waals surface area contributed by atoms with Crippen molar-refractivity contribution in [3.05, 3.63) is 29.8 Å². The number of phenolic OH excluding ortho intramolecular Hbond substituents is 1. The number of hydrogen-bond donors (Lipinski definition) is 3. The lowest BCUT2D eigenvalue weighted by atomic mass is 9.53. The van der Waals surface area contributed by atoms with Crippen LogP contribution in [0.4, 0.5) is 4.79 Å². The predicted octanol–water partition coefficient (Wildman–Crippen LogP) is 2.99. The van der Waals surface area contributed by atoms with Crippen LogP contribution < -0.4 is 10.7 Å². The van der Waals surface area contributed by atoms with Crippen LogP contribution >= 0.6 is 0 Å². The number of hydrogen-bond acceptors (Lipinski definition) is 3. The van der Waals surface area contributed by atoms with Crippen molar-refractivity contribution in [2.75, 3.05) is 0 Å². The third kappa shape index (κ3) is 3.05. The van der Waals surface area contributed by atoms with Crippen molar-refractivity contribution >= 4 is 12.2 Å². The van der Waals surface area contributed by atoms with E-state index in [1.54, 1.807) is 30.5 Å². The van der Waals surface area contributed by atoms with Crippen LogP contribution in [0.2, 0.25) is 0 Å². The van der Waals surface area contributed by atoms with E-state index in [1.807, 2.05) is 0 Å². The van der Waals surface area contributed by atoms with Gasteiger partial charge in [-0.25, -0.2) is 10.2 Å². The van der Waals surface area contributed by atoms with Crippen molar-refractivity contribution in [2.45, 2.75) is 44.1 Å². The van der Waals surface area contributed by atoms with Crippen LogP contribution in [0.1, 0.15) is 44.1 Å². The van der Waals surface area contributed by atoms with Gasteiger partial charge in [-0.05, 0) is 86.1 Å². The quantitative estimate of drug-likeness (QED) is 0.593. The van der Waals surface area contributed by atoms with E-state index in [4.69, 9.17) is 0 Å². The number of hydrazone groups is 1. The van der Waals surface area contributed by atoms with Gasteiger partial charge in [0.25, 0.3) is 0 Å². The summed E-state index contributed by atoms with van der Waals surface area (Å²) in [6.45, 7) is 0. The van der Waals surface area contributed by atoms with E-state index in [9.17, 15) is 9.90 Å². The Hall–Kier alpha value is -2.04. The minimum absolute atomic E-state index is 0.00684. The molecule has 5 nitrogen and oxygen atoms in total. The van der Waals surface area contributed by atoms with Gasteiger partial charge in [0.05, 0.1) is 6.21 Å². The molecule has 4 bridgehead atoms. The Morgan fingerprint density at radius 3 is 2.22 bits per heavy atom. The molecule has 5 heteroatoms. The Morgan fingerprint density at radius 2 is 1.65 bits per heavy atom. The average molecular weight is 313 g/mol. The lowest BCUT2D eigenvalue weighted by molar-refractivity contribution is -0.0135. The van der Waals surface area contributed by atoms with Crippen LogP contribution in [0, 0.1) is 17.8 Å². The second-order valence-corrected chi connectivity index (χ2v) is 7.61. The maximum absolute atomic E-state index is 12.2. The molecule has 0 spiro atoms. The fourth-order valence-electron chi connectivity index (χ4n) is 5.26. The van der Waals surface area contributed by atoms with E-state index < -0.39 is 0 Å². The molecule has 1 aromatic rings. The maximum Gasteiger partial charge on any atom is 0.335 e. The van der Waals surface area contributed by atoms with Crippen LogP contribution in [0.3, 0.4) is 0 Å². The van der Waals surface area contributed by atoms with Gasteiger partial charge >= 0.3 is 6.03 Å². The molecule has 0 aromatic heterocycles. The lowest BCUT2D eigenvalue weighted by Gasteiger charge is -2.56. The average Bonchev–Trinajstić information content (AvgIpc) is 2.47. The molecular formula is C18H23N3O2. The SMILES string of the molecule is O=C(N/N=C/c1ccc(O)cc1)NC12CC3CC(CC(C3)C1)C2. The van der Waals surface area contributed by atoms with Crippen LogP contribution in [0.25, 0.3) is 0 Å². The van der Waals surface area contributed by atoms with Gasteiger partial charge in [0.1, 0.15) is 5.75 Å². The number of aromatic hydroxyl groups is 1. The zero-order chi connectivity index (χ0) is 15.9. The molecule has 3 N–H and O–H groups in total. The van der Waals surface area contributed by atoms with E-state index >= 15 is 0 Å². The Bertz CT molecular complexity index is 588. The monoisotopic (exact) mass is 313 g/mol. The van der Waals surface area contributed by atoms with Crippen LogP contribution in [0.15, 0.2) is 29.4 Å². The molecule has 5 rings (SSSR count). The normalized spacial score (nSPS) is 34.7. The van der Waals surface area contributed by atoms with E-state index in [-0.39, 0.29) is 17.3 Å². The van der Waals surface area contributed by atoms with E-state index in [2.05, 4.69) is 15.8 Å². The highest BCUT2D eigenvalue weighted by Crippen LogP contribution is 2.55. The van der Waals surface area contributed by atoms with Gasteiger partial charge in [0, 0.05) is 5.54 Å².